The third kappa shape index (κ3) is 3.85. The predicted molar refractivity (Wildman–Crippen MR) is 96.4 cm³/mol. The highest BCUT2D eigenvalue weighted by Gasteiger charge is 2.16. The molecule has 0 amide bonds. The van der Waals surface area contributed by atoms with Gasteiger partial charge in [0.05, 0.1) is 31.1 Å². The molecule has 1 N–H and O–H groups in total. The zero-order chi connectivity index (χ0) is 18.5. The number of nitrogens with zero attached hydrogens (tertiary/aromatic N) is 2. The number of Topliss-reactive ketones (excluding diaryl/α,β-unsaturated/α-hetero) is 1. The summed E-state index contributed by atoms with van der Waals surface area (Å²) in [6.45, 7) is 0. The van der Waals surface area contributed by atoms with Gasteiger partial charge in [0, 0.05) is 6.07 Å². The van der Waals surface area contributed by atoms with Gasteiger partial charge in [-0.2, -0.15) is 0 Å². The van der Waals surface area contributed by atoms with E-state index in [1.54, 1.807) is 43.5 Å². The Balaban J connectivity index is 1.70. The third-order valence-electron chi connectivity index (χ3n) is 3.64. The maximum atomic E-state index is 13.8. The lowest BCUT2D eigenvalue weighted by Gasteiger charge is -2.08. The Hall–Kier alpha value is -2.87. The minimum atomic E-state index is -0.390. The number of thioether (sulfide) groups is 1. The number of ether oxygens (including phenoxy) is 2. The molecule has 0 fully saturated rings. The molecule has 0 spiro atoms. The molecule has 8 heteroatoms. The van der Waals surface area contributed by atoms with E-state index in [4.69, 9.17) is 9.47 Å². The smallest absolute Gasteiger partial charge is 0.209 e. The number of aromatic amines is 1. The number of benzene rings is 2. The number of rotatable bonds is 7. The summed E-state index contributed by atoms with van der Waals surface area (Å²) in [5, 5.41) is 7.08. The van der Waals surface area contributed by atoms with E-state index in [0.717, 1.165) is 11.8 Å². The van der Waals surface area contributed by atoms with E-state index < -0.39 is 0 Å². The molecule has 26 heavy (non-hydrogen) atoms. The highest BCUT2D eigenvalue weighted by atomic mass is 32.2. The van der Waals surface area contributed by atoms with Gasteiger partial charge in [-0.25, -0.2) is 9.37 Å². The molecule has 0 radical (unpaired) electrons. The molecule has 3 rings (SSSR count). The summed E-state index contributed by atoms with van der Waals surface area (Å²) in [4.78, 5) is 16.7. The van der Waals surface area contributed by atoms with Gasteiger partial charge in [0.1, 0.15) is 17.3 Å². The number of aromatic nitrogens is 3. The highest BCUT2D eigenvalue weighted by Crippen LogP contribution is 2.27. The average Bonchev–Trinajstić information content (AvgIpc) is 3.14. The van der Waals surface area contributed by atoms with Gasteiger partial charge in [-0.1, -0.05) is 23.9 Å². The van der Waals surface area contributed by atoms with Crippen molar-refractivity contribution >= 4 is 17.5 Å². The predicted octanol–water partition coefficient (Wildman–Crippen LogP) is 3.60. The molecule has 0 saturated carbocycles. The van der Waals surface area contributed by atoms with Crippen LogP contribution < -0.4 is 9.47 Å². The maximum Gasteiger partial charge on any atom is 0.209 e. The van der Waals surface area contributed by atoms with E-state index in [2.05, 4.69) is 15.2 Å². The largest absolute Gasteiger partial charge is 0.497 e. The lowest BCUT2D eigenvalue weighted by molar-refractivity contribution is 0.101. The second kappa shape index (κ2) is 8.01. The lowest BCUT2D eigenvalue weighted by Crippen LogP contribution is -2.05. The Bertz CT molecular complexity index is 930. The Morgan fingerprint density at radius 1 is 1.19 bits per heavy atom. The van der Waals surface area contributed by atoms with Crippen LogP contribution in [-0.2, 0) is 0 Å². The van der Waals surface area contributed by atoms with E-state index in [-0.39, 0.29) is 17.4 Å². The number of halogens is 1. The summed E-state index contributed by atoms with van der Waals surface area (Å²) in [5.74, 6) is 0.967. The van der Waals surface area contributed by atoms with Crippen LogP contribution in [0.2, 0.25) is 0 Å². The first kappa shape index (κ1) is 17.9. The topological polar surface area (TPSA) is 77.1 Å². The summed E-state index contributed by atoms with van der Waals surface area (Å²) in [6, 6.07) is 11.3. The molecule has 0 bridgehead atoms. The van der Waals surface area contributed by atoms with Crippen molar-refractivity contribution in [2.24, 2.45) is 0 Å². The summed E-state index contributed by atoms with van der Waals surface area (Å²) in [7, 11) is 3.04. The minimum absolute atomic E-state index is 0.122. The van der Waals surface area contributed by atoms with Crippen LogP contribution in [-0.4, -0.2) is 40.9 Å². The van der Waals surface area contributed by atoms with Crippen LogP contribution in [0.5, 0.6) is 11.5 Å². The van der Waals surface area contributed by atoms with Crippen molar-refractivity contribution in [3.05, 3.63) is 53.8 Å². The van der Waals surface area contributed by atoms with Crippen molar-refractivity contribution < 1.29 is 18.7 Å². The second-order valence-electron chi connectivity index (χ2n) is 5.22. The number of carbonyl (C=O) groups is 1. The first-order chi connectivity index (χ1) is 12.6. The molecule has 1 aromatic heterocycles. The minimum Gasteiger partial charge on any atom is -0.497 e. The first-order valence-corrected chi connectivity index (χ1v) is 8.66. The van der Waals surface area contributed by atoms with E-state index in [9.17, 15) is 9.18 Å². The monoisotopic (exact) mass is 373 g/mol. The fourth-order valence-corrected chi connectivity index (χ4v) is 3.00. The normalized spacial score (nSPS) is 10.6. The molecule has 0 aliphatic heterocycles. The molecule has 0 saturated heterocycles. The van der Waals surface area contributed by atoms with Crippen molar-refractivity contribution in [3.8, 4) is 22.9 Å². The fraction of sp³-hybridized carbons (Fsp3) is 0.167. The highest BCUT2D eigenvalue weighted by molar-refractivity contribution is 7.99. The van der Waals surface area contributed by atoms with Crippen LogP contribution in [0, 0.1) is 5.82 Å². The molecule has 3 aromatic rings. The molecule has 1 heterocycles. The summed E-state index contributed by atoms with van der Waals surface area (Å²) < 4.78 is 24.2. The van der Waals surface area contributed by atoms with Crippen molar-refractivity contribution in [2.75, 3.05) is 20.0 Å². The maximum absolute atomic E-state index is 13.8. The molecule has 0 aliphatic rings. The number of hydrogen-bond donors (Lipinski definition) is 1. The zero-order valence-corrected chi connectivity index (χ0v) is 15.0. The molecule has 134 valence electrons. The van der Waals surface area contributed by atoms with Crippen molar-refractivity contribution in [2.45, 2.75) is 5.16 Å². The number of carbonyl (C=O) groups excluding carboxylic acids is 1. The van der Waals surface area contributed by atoms with Gasteiger partial charge >= 0.3 is 0 Å². The number of methoxy groups -OCH3 is 2. The van der Waals surface area contributed by atoms with E-state index in [0.29, 0.717) is 33.6 Å². The molecule has 0 aliphatic carbocycles. The van der Waals surface area contributed by atoms with Gasteiger partial charge < -0.3 is 9.47 Å². The van der Waals surface area contributed by atoms with Gasteiger partial charge in [0.25, 0.3) is 0 Å². The van der Waals surface area contributed by atoms with Gasteiger partial charge in [0.2, 0.25) is 5.16 Å². The molecular formula is C18H16FN3O3S. The summed E-state index contributed by atoms with van der Waals surface area (Å²) in [6.07, 6.45) is 0. The van der Waals surface area contributed by atoms with Crippen LogP contribution >= 0.6 is 11.8 Å². The number of ketones is 1. The van der Waals surface area contributed by atoms with Crippen LogP contribution in [0.1, 0.15) is 10.4 Å². The summed E-state index contributed by atoms with van der Waals surface area (Å²) >= 11 is 1.16. The van der Waals surface area contributed by atoms with Crippen molar-refractivity contribution in [3.63, 3.8) is 0 Å². The number of H-pyrrole nitrogens is 1. The van der Waals surface area contributed by atoms with Crippen molar-refractivity contribution in [1.82, 2.24) is 15.2 Å². The third-order valence-corrected chi connectivity index (χ3v) is 4.48. The van der Waals surface area contributed by atoms with E-state index in [1.165, 1.54) is 13.2 Å². The molecule has 0 atom stereocenters. The molecular weight excluding hydrogens is 357 g/mol. The van der Waals surface area contributed by atoms with Gasteiger partial charge in [0.15, 0.2) is 11.6 Å². The average molecular weight is 373 g/mol. The van der Waals surface area contributed by atoms with E-state index >= 15 is 0 Å². The summed E-state index contributed by atoms with van der Waals surface area (Å²) in [5.41, 5.74) is 0.778. The van der Waals surface area contributed by atoms with Crippen LogP contribution in [0.3, 0.4) is 0 Å². The van der Waals surface area contributed by atoms with Crippen LogP contribution in [0.25, 0.3) is 11.4 Å². The van der Waals surface area contributed by atoms with Gasteiger partial charge in [-0.15, -0.1) is 5.10 Å². The Kier molecular flexibility index (Phi) is 5.52. The van der Waals surface area contributed by atoms with Crippen molar-refractivity contribution in [1.29, 1.82) is 0 Å². The van der Waals surface area contributed by atoms with Gasteiger partial charge in [-0.05, 0) is 24.3 Å². The Morgan fingerprint density at radius 3 is 2.73 bits per heavy atom. The first-order valence-electron chi connectivity index (χ1n) is 7.67. The van der Waals surface area contributed by atoms with Crippen LogP contribution in [0.4, 0.5) is 4.39 Å². The molecule has 6 nitrogen and oxygen atoms in total. The Labute approximate surface area is 153 Å². The number of hydrogen-bond acceptors (Lipinski definition) is 6. The molecule has 0 unspecified atom stereocenters. The lowest BCUT2D eigenvalue weighted by atomic mass is 10.1. The van der Waals surface area contributed by atoms with Crippen LogP contribution in [0.15, 0.2) is 47.6 Å². The zero-order valence-electron chi connectivity index (χ0n) is 14.2. The van der Waals surface area contributed by atoms with E-state index in [1.807, 2.05) is 0 Å². The SMILES string of the molecule is COc1ccc(C(=O)CSc2n[nH]c(-c3ccccc3F)n2)c(OC)c1. The fourth-order valence-electron chi connectivity index (χ4n) is 2.32. The standard InChI is InChI=1S/C18H16FN3O3S/c1-24-11-7-8-13(16(9-11)25-2)15(23)10-26-18-20-17(21-22-18)12-5-3-4-6-14(12)19/h3-9H,10H2,1-2H3,(H,20,21,22). The second-order valence-corrected chi connectivity index (χ2v) is 6.17. The Morgan fingerprint density at radius 2 is 2.00 bits per heavy atom. The quantitative estimate of drug-likeness (QED) is 0.504. The molecule has 2 aromatic carbocycles. The number of nitrogens with one attached hydrogen (secondary N) is 1. The van der Waals surface area contributed by atoms with Gasteiger partial charge in [-0.3, -0.25) is 9.89 Å².